The van der Waals surface area contributed by atoms with Crippen LogP contribution in [-0.2, 0) is 13.0 Å². The highest BCUT2D eigenvalue weighted by Crippen LogP contribution is 2.11. The largest absolute Gasteiger partial charge is 0.325 e. The van der Waals surface area contributed by atoms with Crippen molar-refractivity contribution >= 4 is 21.8 Å². The molecule has 0 saturated heterocycles. The van der Waals surface area contributed by atoms with Crippen LogP contribution >= 0.6 is 15.9 Å². The van der Waals surface area contributed by atoms with Gasteiger partial charge in [0.15, 0.2) is 0 Å². The molecular formula is C12H12BrN3O2. The molecule has 5 nitrogen and oxygen atoms in total. The lowest BCUT2D eigenvalue weighted by molar-refractivity contribution is 0.0894. The van der Waals surface area contributed by atoms with Crippen molar-refractivity contribution in [3.63, 3.8) is 0 Å². The molecule has 2 rings (SSSR count). The van der Waals surface area contributed by atoms with Crippen molar-refractivity contribution in [2.24, 2.45) is 5.73 Å². The van der Waals surface area contributed by atoms with Crippen LogP contribution in [0.15, 0.2) is 39.6 Å². The smallest absolute Gasteiger partial charge is 0.264 e. The SMILES string of the molecule is NCc1cc(=O)[nH]n1C(=O)Cc1ccc(Br)cc1. The summed E-state index contributed by atoms with van der Waals surface area (Å²) >= 11 is 3.33. The number of nitrogens with one attached hydrogen (secondary N) is 1. The van der Waals surface area contributed by atoms with E-state index < -0.39 is 0 Å². The molecular weight excluding hydrogens is 298 g/mol. The zero-order chi connectivity index (χ0) is 13.1. The van der Waals surface area contributed by atoms with Crippen LogP contribution in [0.3, 0.4) is 0 Å². The van der Waals surface area contributed by atoms with Crippen molar-refractivity contribution in [3.8, 4) is 0 Å². The van der Waals surface area contributed by atoms with Crippen LogP contribution in [-0.4, -0.2) is 15.7 Å². The van der Waals surface area contributed by atoms with Crippen LogP contribution in [0.25, 0.3) is 0 Å². The van der Waals surface area contributed by atoms with Gasteiger partial charge < -0.3 is 5.73 Å². The quantitative estimate of drug-likeness (QED) is 0.896. The van der Waals surface area contributed by atoms with E-state index in [1.807, 2.05) is 24.3 Å². The van der Waals surface area contributed by atoms with Gasteiger partial charge >= 0.3 is 0 Å². The molecule has 0 fully saturated rings. The Labute approximate surface area is 112 Å². The van der Waals surface area contributed by atoms with Crippen LogP contribution in [0.5, 0.6) is 0 Å². The molecule has 0 unspecified atom stereocenters. The van der Waals surface area contributed by atoms with Crippen molar-refractivity contribution in [1.29, 1.82) is 0 Å². The Morgan fingerprint density at radius 2 is 2.00 bits per heavy atom. The predicted octanol–water partition coefficient (Wildman–Crippen LogP) is 1.28. The number of aromatic amines is 1. The van der Waals surface area contributed by atoms with E-state index in [4.69, 9.17) is 5.73 Å². The molecule has 0 radical (unpaired) electrons. The number of nitrogens with two attached hydrogens (primary N) is 1. The van der Waals surface area contributed by atoms with Crippen LogP contribution in [0.1, 0.15) is 16.1 Å². The fourth-order valence-corrected chi connectivity index (χ4v) is 1.92. The Morgan fingerprint density at radius 3 is 2.61 bits per heavy atom. The van der Waals surface area contributed by atoms with Gasteiger partial charge in [0, 0.05) is 17.1 Å². The zero-order valence-corrected chi connectivity index (χ0v) is 11.1. The monoisotopic (exact) mass is 309 g/mol. The van der Waals surface area contributed by atoms with Crippen molar-refractivity contribution in [2.75, 3.05) is 0 Å². The molecule has 0 amide bonds. The topological polar surface area (TPSA) is 80.9 Å². The summed E-state index contributed by atoms with van der Waals surface area (Å²) in [5.41, 5.74) is 6.52. The number of carbonyl (C=O) groups is 1. The first kappa shape index (κ1) is 12.8. The van der Waals surface area contributed by atoms with Gasteiger partial charge in [-0.25, -0.2) is 4.68 Å². The standard InChI is InChI=1S/C12H12BrN3O2/c13-9-3-1-8(2-4-9)5-12(18)16-10(7-14)6-11(17)15-16/h1-4,6H,5,7,14H2,(H,15,17). The van der Waals surface area contributed by atoms with Crippen LogP contribution in [0, 0.1) is 0 Å². The number of rotatable bonds is 3. The number of benzene rings is 1. The number of hydrogen-bond acceptors (Lipinski definition) is 3. The fraction of sp³-hybridized carbons (Fsp3) is 0.167. The maximum atomic E-state index is 12.0. The lowest BCUT2D eigenvalue weighted by Crippen LogP contribution is -2.20. The van der Waals surface area contributed by atoms with Gasteiger partial charge in [-0.2, -0.15) is 0 Å². The van der Waals surface area contributed by atoms with Crippen LogP contribution < -0.4 is 11.3 Å². The highest BCUT2D eigenvalue weighted by molar-refractivity contribution is 9.10. The van der Waals surface area contributed by atoms with Gasteiger partial charge in [0.25, 0.3) is 5.56 Å². The Balaban J connectivity index is 2.21. The molecule has 0 saturated carbocycles. The molecule has 2 aromatic rings. The zero-order valence-electron chi connectivity index (χ0n) is 9.52. The van der Waals surface area contributed by atoms with E-state index in [0.717, 1.165) is 10.0 Å². The highest BCUT2D eigenvalue weighted by atomic mass is 79.9. The summed E-state index contributed by atoms with van der Waals surface area (Å²) in [5, 5.41) is 2.45. The van der Waals surface area contributed by atoms with E-state index in [-0.39, 0.29) is 24.4 Å². The second kappa shape index (κ2) is 5.32. The number of hydrogen-bond donors (Lipinski definition) is 2. The van der Waals surface area contributed by atoms with Gasteiger partial charge in [0.05, 0.1) is 12.1 Å². The summed E-state index contributed by atoms with van der Waals surface area (Å²) in [5.74, 6) is -0.208. The second-order valence-corrected chi connectivity index (χ2v) is 4.76. The van der Waals surface area contributed by atoms with Crippen LogP contribution in [0.4, 0.5) is 0 Å². The van der Waals surface area contributed by atoms with Crippen molar-refractivity contribution in [1.82, 2.24) is 9.78 Å². The Morgan fingerprint density at radius 1 is 1.33 bits per heavy atom. The minimum atomic E-state index is -0.320. The van der Waals surface area contributed by atoms with E-state index in [9.17, 15) is 9.59 Å². The lowest BCUT2D eigenvalue weighted by Gasteiger charge is -2.05. The highest BCUT2D eigenvalue weighted by Gasteiger charge is 2.11. The second-order valence-electron chi connectivity index (χ2n) is 3.85. The molecule has 0 aliphatic rings. The first-order chi connectivity index (χ1) is 8.60. The fourth-order valence-electron chi connectivity index (χ4n) is 1.66. The first-order valence-corrected chi connectivity index (χ1v) is 6.18. The summed E-state index contributed by atoms with van der Waals surface area (Å²) in [7, 11) is 0. The van der Waals surface area contributed by atoms with E-state index in [2.05, 4.69) is 21.0 Å². The molecule has 1 heterocycles. The summed E-state index contributed by atoms with van der Waals surface area (Å²) in [6.07, 6.45) is 0.213. The third-order valence-electron chi connectivity index (χ3n) is 2.53. The van der Waals surface area contributed by atoms with Gasteiger partial charge in [0.1, 0.15) is 0 Å². The van der Waals surface area contributed by atoms with Gasteiger partial charge in [-0.15, -0.1) is 0 Å². The summed E-state index contributed by atoms with van der Waals surface area (Å²) in [6.45, 7) is 0.144. The number of aromatic nitrogens is 2. The first-order valence-electron chi connectivity index (χ1n) is 5.39. The maximum absolute atomic E-state index is 12.0. The summed E-state index contributed by atoms with van der Waals surface area (Å²) in [4.78, 5) is 23.2. The predicted molar refractivity (Wildman–Crippen MR) is 71.4 cm³/mol. The average molecular weight is 310 g/mol. The summed E-state index contributed by atoms with van der Waals surface area (Å²) < 4.78 is 2.17. The molecule has 0 aliphatic carbocycles. The van der Waals surface area contributed by atoms with Crippen molar-refractivity contribution in [3.05, 3.63) is 56.4 Å². The van der Waals surface area contributed by atoms with E-state index in [0.29, 0.717) is 5.69 Å². The molecule has 1 aromatic carbocycles. The molecule has 0 spiro atoms. The van der Waals surface area contributed by atoms with Crippen molar-refractivity contribution in [2.45, 2.75) is 13.0 Å². The number of H-pyrrole nitrogens is 1. The molecule has 6 heteroatoms. The third kappa shape index (κ3) is 2.77. The van der Waals surface area contributed by atoms with Crippen molar-refractivity contribution < 1.29 is 4.79 Å². The van der Waals surface area contributed by atoms with E-state index in [1.54, 1.807) is 0 Å². The summed E-state index contributed by atoms with van der Waals surface area (Å²) in [6, 6.07) is 8.77. The Bertz CT molecular complexity index is 613. The molecule has 3 N–H and O–H groups in total. The van der Waals surface area contributed by atoms with E-state index >= 15 is 0 Å². The van der Waals surface area contributed by atoms with Gasteiger partial charge in [-0.05, 0) is 17.7 Å². The van der Waals surface area contributed by atoms with Gasteiger partial charge in [-0.1, -0.05) is 28.1 Å². The molecule has 0 aliphatic heterocycles. The van der Waals surface area contributed by atoms with Gasteiger partial charge in [0.2, 0.25) is 5.91 Å². The molecule has 0 bridgehead atoms. The maximum Gasteiger partial charge on any atom is 0.264 e. The van der Waals surface area contributed by atoms with E-state index in [1.165, 1.54) is 10.7 Å². The lowest BCUT2D eigenvalue weighted by atomic mass is 10.1. The van der Waals surface area contributed by atoms with Crippen LogP contribution in [0.2, 0.25) is 0 Å². The normalized spacial score (nSPS) is 10.6. The Kier molecular flexibility index (Phi) is 3.78. The van der Waals surface area contributed by atoms with Gasteiger partial charge in [-0.3, -0.25) is 14.7 Å². The minimum Gasteiger partial charge on any atom is -0.325 e. The minimum absolute atomic E-state index is 0.144. The third-order valence-corrected chi connectivity index (χ3v) is 3.06. The number of carbonyl (C=O) groups excluding carboxylic acids is 1. The Hall–Kier alpha value is -1.66. The number of nitrogens with zero attached hydrogens (tertiary/aromatic N) is 1. The molecule has 94 valence electrons. The number of halogens is 1. The molecule has 0 atom stereocenters. The average Bonchev–Trinajstić information content (AvgIpc) is 2.73. The molecule has 1 aromatic heterocycles. The molecule has 18 heavy (non-hydrogen) atoms.